The van der Waals surface area contributed by atoms with Gasteiger partial charge in [0.15, 0.2) is 0 Å². The first-order valence-corrected chi connectivity index (χ1v) is 6.53. The van der Waals surface area contributed by atoms with E-state index in [1.54, 1.807) is 0 Å². The van der Waals surface area contributed by atoms with Gasteiger partial charge in [0.05, 0.1) is 18.0 Å². The molecule has 100 valence electrons. The molecule has 2 rings (SSSR count). The molecule has 2 aromatic rings. The van der Waals surface area contributed by atoms with Crippen LogP contribution in [0.3, 0.4) is 0 Å². The molecule has 0 unspecified atom stereocenters. The highest BCUT2D eigenvalue weighted by Crippen LogP contribution is 2.19. The molecule has 0 aliphatic carbocycles. The molecule has 2 aromatic carbocycles. The fourth-order valence-corrected chi connectivity index (χ4v) is 1.85. The monoisotopic (exact) mass is 256 g/mol. The second kappa shape index (κ2) is 6.69. The normalized spacial score (nSPS) is 10.2. The molecule has 3 heteroatoms. The maximum Gasteiger partial charge on any atom is 0.119 e. The van der Waals surface area contributed by atoms with Crippen LogP contribution in [0.15, 0.2) is 48.5 Å². The van der Waals surface area contributed by atoms with E-state index >= 15 is 0 Å². The van der Waals surface area contributed by atoms with Gasteiger partial charge in [0.25, 0.3) is 0 Å². The van der Waals surface area contributed by atoms with Crippen LogP contribution in [0.1, 0.15) is 12.0 Å². The number of para-hydroxylation sites is 1. The Balaban J connectivity index is 1.69. The van der Waals surface area contributed by atoms with Crippen LogP contribution in [0.25, 0.3) is 0 Å². The standard InChI is InChI=1S/C16H20N2O/c1-13-8-9-16(15(17)12-13)18-10-5-11-19-14-6-3-2-4-7-14/h2-4,6-9,12,18H,5,10-11,17H2,1H3. The zero-order valence-electron chi connectivity index (χ0n) is 11.2. The maximum absolute atomic E-state index is 5.93. The SMILES string of the molecule is Cc1ccc(NCCCOc2ccccc2)c(N)c1. The second-order valence-electron chi connectivity index (χ2n) is 4.53. The van der Waals surface area contributed by atoms with Crippen molar-refractivity contribution in [3.05, 3.63) is 54.1 Å². The molecule has 0 amide bonds. The summed E-state index contributed by atoms with van der Waals surface area (Å²) >= 11 is 0. The number of nitrogens with one attached hydrogen (secondary N) is 1. The lowest BCUT2D eigenvalue weighted by atomic mass is 10.2. The summed E-state index contributed by atoms with van der Waals surface area (Å²) in [5.74, 6) is 0.914. The molecule has 3 nitrogen and oxygen atoms in total. The van der Waals surface area contributed by atoms with E-state index < -0.39 is 0 Å². The van der Waals surface area contributed by atoms with E-state index in [0.717, 1.165) is 30.1 Å². The number of rotatable bonds is 6. The van der Waals surface area contributed by atoms with Crippen molar-refractivity contribution in [2.24, 2.45) is 0 Å². The molecule has 0 aromatic heterocycles. The minimum absolute atomic E-state index is 0.697. The summed E-state index contributed by atoms with van der Waals surface area (Å²) in [5, 5.41) is 3.32. The van der Waals surface area contributed by atoms with Gasteiger partial charge in [0.1, 0.15) is 5.75 Å². The highest BCUT2D eigenvalue weighted by molar-refractivity contribution is 5.66. The van der Waals surface area contributed by atoms with E-state index in [4.69, 9.17) is 10.5 Å². The molecule has 0 radical (unpaired) electrons. The van der Waals surface area contributed by atoms with Gasteiger partial charge in [-0.2, -0.15) is 0 Å². The lowest BCUT2D eigenvalue weighted by molar-refractivity contribution is 0.315. The van der Waals surface area contributed by atoms with Crippen LogP contribution < -0.4 is 15.8 Å². The molecular weight excluding hydrogens is 236 g/mol. The Kier molecular flexibility index (Phi) is 4.67. The Morgan fingerprint density at radius 2 is 1.89 bits per heavy atom. The Morgan fingerprint density at radius 1 is 1.11 bits per heavy atom. The van der Waals surface area contributed by atoms with E-state index in [-0.39, 0.29) is 0 Å². The summed E-state index contributed by atoms with van der Waals surface area (Å²) in [6.45, 7) is 3.58. The Bertz CT molecular complexity index is 511. The van der Waals surface area contributed by atoms with Gasteiger partial charge in [0.2, 0.25) is 0 Å². The first-order valence-electron chi connectivity index (χ1n) is 6.53. The van der Waals surface area contributed by atoms with Crippen molar-refractivity contribution in [1.82, 2.24) is 0 Å². The minimum atomic E-state index is 0.697. The molecule has 0 saturated heterocycles. The van der Waals surface area contributed by atoms with Crippen molar-refractivity contribution in [1.29, 1.82) is 0 Å². The summed E-state index contributed by atoms with van der Waals surface area (Å²) in [4.78, 5) is 0. The third-order valence-corrected chi connectivity index (χ3v) is 2.86. The average Bonchev–Trinajstić information content (AvgIpc) is 2.42. The topological polar surface area (TPSA) is 47.3 Å². The molecule has 0 aliphatic rings. The largest absolute Gasteiger partial charge is 0.494 e. The van der Waals surface area contributed by atoms with Crippen LogP contribution >= 0.6 is 0 Å². The lowest BCUT2D eigenvalue weighted by Crippen LogP contribution is -2.08. The molecule has 0 fully saturated rings. The molecule has 0 spiro atoms. The van der Waals surface area contributed by atoms with Crippen LogP contribution in [0.4, 0.5) is 11.4 Å². The van der Waals surface area contributed by atoms with Gasteiger partial charge >= 0.3 is 0 Å². The van der Waals surface area contributed by atoms with Crippen LogP contribution in [0, 0.1) is 6.92 Å². The Morgan fingerprint density at radius 3 is 2.63 bits per heavy atom. The highest BCUT2D eigenvalue weighted by Gasteiger charge is 1.98. The van der Waals surface area contributed by atoms with Crippen molar-refractivity contribution in [3.63, 3.8) is 0 Å². The van der Waals surface area contributed by atoms with E-state index in [2.05, 4.69) is 11.4 Å². The Labute approximate surface area is 114 Å². The van der Waals surface area contributed by atoms with Gasteiger partial charge < -0.3 is 15.8 Å². The van der Waals surface area contributed by atoms with E-state index in [1.807, 2.05) is 49.4 Å². The third-order valence-electron chi connectivity index (χ3n) is 2.86. The Hall–Kier alpha value is -2.16. The molecule has 0 saturated carbocycles. The fraction of sp³-hybridized carbons (Fsp3) is 0.250. The smallest absolute Gasteiger partial charge is 0.119 e. The molecular formula is C16H20N2O. The third kappa shape index (κ3) is 4.21. The molecule has 0 bridgehead atoms. The predicted molar refractivity (Wildman–Crippen MR) is 80.6 cm³/mol. The summed E-state index contributed by atoms with van der Waals surface area (Å²) in [5.41, 5.74) is 8.90. The van der Waals surface area contributed by atoms with Gasteiger partial charge in [-0.25, -0.2) is 0 Å². The fourth-order valence-electron chi connectivity index (χ4n) is 1.85. The molecule has 3 N–H and O–H groups in total. The van der Waals surface area contributed by atoms with Gasteiger partial charge in [-0.3, -0.25) is 0 Å². The summed E-state index contributed by atoms with van der Waals surface area (Å²) in [6, 6.07) is 15.9. The molecule has 0 heterocycles. The average molecular weight is 256 g/mol. The maximum atomic E-state index is 5.93. The van der Waals surface area contributed by atoms with Gasteiger partial charge in [-0.15, -0.1) is 0 Å². The highest BCUT2D eigenvalue weighted by atomic mass is 16.5. The predicted octanol–water partition coefficient (Wildman–Crippen LogP) is 3.46. The minimum Gasteiger partial charge on any atom is -0.494 e. The quantitative estimate of drug-likeness (QED) is 0.614. The van der Waals surface area contributed by atoms with Crippen molar-refractivity contribution >= 4 is 11.4 Å². The van der Waals surface area contributed by atoms with Crippen molar-refractivity contribution in [3.8, 4) is 5.75 Å². The van der Waals surface area contributed by atoms with Crippen molar-refractivity contribution in [2.45, 2.75) is 13.3 Å². The second-order valence-corrected chi connectivity index (χ2v) is 4.53. The van der Waals surface area contributed by atoms with Crippen molar-refractivity contribution in [2.75, 3.05) is 24.2 Å². The number of ether oxygens (including phenoxy) is 1. The summed E-state index contributed by atoms with van der Waals surface area (Å²) < 4.78 is 5.62. The number of nitrogens with two attached hydrogens (primary N) is 1. The van der Waals surface area contributed by atoms with Gasteiger partial charge in [0, 0.05) is 6.54 Å². The van der Waals surface area contributed by atoms with E-state index in [9.17, 15) is 0 Å². The van der Waals surface area contributed by atoms with Crippen LogP contribution in [-0.4, -0.2) is 13.2 Å². The van der Waals surface area contributed by atoms with Crippen molar-refractivity contribution < 1.29 is 4.74 Å². The van der Waals surface area contributed by atoms with Crippen LogP contribution in [0.5, 0.6) is 5.75 Å². The molecule has 19 heavy (non-hydrogen) atoms. The number of benzene rings is 2. The van der Waals surface area contributed by atoms with Crippen LogP contribution in [-0.2, 0) is 0 Å². The number of nitrogen functional groups attached to an aromatic ring is 1. The zero-order valence-corrected chi connectivity index (χ0v) is 11.2. The first kappa shape index (κ1) is 13.3. The molecule has 0 aliphatic heterocycles. The van der Waals surface area contributed by atoms with Gasteiger partial charge in [-0.05, 0) is 43.2 Å². The lowest BCUT2D eigenvalue weighted by Gasteiger charge is -2.10. The van der Waals surface area contributed by atoms with E-state index in [1.165, 1.54) is 5.56 Å². The van der Waals surface area contributed by atoms with E-state index in [0.29, 0.717) is 6.61 Å². The summed E-state index contributed by atoms with van der Waals surface area (Å²) in [6.07, 6.45) is 0.933. The first-order chi connectivity index (χ1) is 9.25. The van der Waals surface area contributed by atoms with Crippen LogP contribution in [0.2, 0.25) is 0 Å². The number of hydrogen-bond donors (Lipinski definition) is 2. The number of aryl methyl sites for hydroxylation is 1. The molecule has 0 atom stereocenters. The van der Waals surface area contributed by atoms with Gasteiger partial charge in [-0.1, -0.05) is 24.3 Å². The summed E-state index contributed by atoms with van der Waals surface area (Å²) in [7, 11) is 0. The zero-order chi connectivity index (χ0) is 13.5. The number of hydrogen-bond acceptors (Lipinski definition) is 3. The number of anilines is 2.